The van der Waals surface area contributed by atoms with Crippen LogP contribution in [0.4, 0.5) is 0 Å². The van der Waals surface area contributed by atoms with Crippen LogP contribution in [-0.2, 0) is 4.79 Å². The maximum Gasteiger partial charge on any atom is 0.317 e. The zero-order valence-corrected chi connectivity index (χ0v) is 13.0. The summed E-state index contributed by atoms with van der Waals surface area (Å²) in [6, 6.07) is 5.00. The smallest absolute Gasteiger partial charge is 0.317 e. The van der Waals surface area contributed by atoms with E-state index in [0.29, 0.717) is 12.3 Å². The molecule has 0 saturated heterocycles. The minimum absolute atomic E-state index is 0.0296. The number of methoxy groups -OCH3 is 1. The Hall–Kier alpha value is -1.79. The Bertz CT molecular complexity index is 477. The number of aliphatic carboxylic acids is 1. The molecule has 118 valence electrons. The van der Waals surface area contributed by atoms with Crippen LogP contribution in [0.15, 0.2) is 18.2 Å². The molecule has 1 aromatic rings. The minimum Gasteiger partial charge on any atom is -0.504 e. The van der Waals surface area contributed by atoms with Crippen LogP contribution in [0.2, 0.25) is 0 Å². The number of hydrogen-bond acceptors (Lipinski definition) is 5. The van der Waals surface area contributed by atoms with E-state index in [1.54, 1.807) is 18.2 Å². The van der Waals surface area contributed by atoms with Crippen LogP contribution < -0.4 is 4.74 Å². The van der Waals surface area contributed by atoms with Crippen molar-refractivity contribution in [3.63, 3.8) is 0 Å². The van der Waals surface area contributed by atoms with Crippen LogP contribution in [0.1, 0.15) is 18.5 Å². The van der Waals surface area contributed by atoms with E-state index in [2.05, 4.69) is 0 Å². The molecule has 0 aliphatic rings. The van der Waals surface area contributed by atoms with Gasteiger partial charge in [0.2, 0.25) is 0 Å². The minimum atomic E-state index is -0.855. The van der Waals surface area contributed by atoms with E-state index in [1.165, 1.54) is 7.11 Å². The second-order valence-corrected chi connectivity index (χ2v) is 5.27. The first-order chi connectivity index (χ1) is 9.85. The van der Waals surface area contributed by atoms with Crippen LogP contribution in [0.5, 0.6) is 11.5 Å². The fourth-order valence-electron chi connectivity index (χ4n) is 2.08. The number of ether oxygens (including phenoxy) is 1. The van der Waals surface area contributed by atoms with Gasteiger partial charge in [0.25, 0.3) is 0 Å². The highest BCUT2D eigenvalue weighted by Crippen LogP contribution is 2.30. The van der Waals surface area contributed by atoms with E-state index < -0.39 is 5.97 Å². The standard InChI is InChI=1S/C15H24N2O4/c1-11(12-5-6-13(18)14(9-12)21-4)17(10-15(19)20)8-7-16(2)3/h5-6,9,11,18H,7-8,10H2,1-4H3,(H,19,20). The van der Waals surface area contributed by atoms with E-state index in [0.717, 1.165) is 12.1 Å². The van der Waals surface area contributed by atoms with Crippen LogP contribution >= 0.6 is 0 Å². The van der Waals surface area contributed by atoms with Crippen LogP contribution in [0, 0.1) is 0 Å². The van der Waals surface area contributed by atoms with Gasteiger partial charge in [-0.2, -0.15) is 0 Å². The summed E-state index contributed by atoms with van der Waals surface area (Å²) in [5.41, 5.74) is 0.907. The molecule has 21 heavy (non-hydrogen) atoms. The van der Waals surface area contributed by atoms with Crippen molar-refractivity contribution in [2.75, 3.05) is 40.8 Å². The normalized spacial score (nSPS) is 12.7. The number of phenols is 1. The highest BCUT2D eigenvalue weighted by Gasteiger charge is 2.19. The van der Waals surface area contributed by atoms with Gasteiger partial charge in [-0.25, -0.2) is 0 Å². The molecule has 6 heteroatoms. The third kappa shape index (κ3) is 5.24. The molecule has 0 spiro atoms. The fraction of sp³-hybridized carbons (Fsp3) is 0.533. The van der Waals surface area contributed by atoms with Crippen molar-refractivity contribution < 1.29 is 19.7 Å². The Balaban J connectivity index is 2.92. The van der Waals surface area contributed by atoms with Crippen LogP contribution in [0.3, 0.4) is 0 Å². The Labute approximate surface area is 125 Å². The average Bonchev–Trinajstić information content (AvgIpc) is 2.42. The van der Waals surface area contributed by atoms with Gasteiger partial charge in [-0.15, -0.1) is 0 Å². The molecule has 0 aromatic heterocycles. The van der Waals surface area contributed by atoms with Gasteiger partial charge in [-0.05, 0) is 38.7 Å². The first kappa shape index (κ1) is 17.3. The SMILES string of the molecule is COc1cc(C(C)N(CCN(C)C)CC(=O)O)ccc1O. The van der Waals surface area contributed by atoms with Crippen LogP contribution in [0.25, 0.3) is 0 Å². The molecule has 0 radical (unpaired) electrons. The van der Waals surface area contributed by atoms with Gasteiger partial charge in [0, 0.05) is 19.1 Å². The summed E-state index contributed by atoms with van der Waals surface area (Å²) in [5, 5.41) is 18.7. The van der Waals surface area contributed by atoms with Crippen LogP contribution in [-0.4, -0.2) is 66.8 Å². The maximum absolute atomic E-state index is 11.0. The molecule has 1 unspecified atom stereocenters. The van der Waals surface area contributed by atoms with Gasteiger partial charge < -0.3 is 19.8 Å². The Morgan fingerprint density at radius 2 is 2.00 bits per heavy atom. The number of likely N-dealkylation sites (N-methyl/N-ethyl adjacent to an activating group) is 1. The topological polar surface area (TPSA) is 73.2 Å². The van der Waals surface area contributed by atoms with Crippen molar-refractivity contribution in [2.24, 2.45) is 0 Å². The molecule has 0 aliphatic carbocycles. The lowest BCUT2D eigenvalue weighted by Crippen LogP contribution is -2.37. The number of benzene rings is 1. The van der Waals surface area contributed by atoms with Gasteiger partial charge in [0.15, 0.2) is 11.5 Å². The van der Waals surface area contributed by atoms with Gasteiger partial charge >= 0.3 is 5.97 Å². The third-order valence-corrected chi connectivity index (χ3v) is 3.41. The number of aromatic hydroxyl groups is 1. The van der Waals surface area contributed by atoms with E-state index in [9.17, 15) is 9.90 Å². The maximum atomic E-state index is 11.0. The summed E-state index contributed by atoms with van der Waals surface area (Å²) < 4.78 is 5.10. The van der Waals surface area contributed by atoms with E-state index in [1.807, 2.05) is 30.8 Å². The lowest BCUT2D eigenvalue weighted by atomic mass is 10.1. The van der Waals surface area contributed by atoms with Crippen molar-refractivity contribution in [3.8, 4) is 11.5 Å². The predicted octanol–water partition coefficient (Wildman–Crippen LogP) is 1.41. The zero-order valence-electron chi connectivity index (χ0n) is 13.0. The summed E-state index contributed by atoms with van der Waals surface area (Å²) in [6.07, 6.45) is 0. The molecule has 0 amide bonds. The predicted molar refractivity (Wildman–Crippen MR) is 80.8 cm³/mol. The lowest BCUT2D eigenvalue weighted by molar-refractivity contribution is -0.138. The van der Waals surface area contributed by atoms with E-state index in [4.69, 9.17) is 9.84 Å². The molecule has 0 aliphatic heterocycles. The summed E-state index contributed by atoms with van der Waals surface area (Å²) in [5.74, 6) is -0.389. The van der Waals surface area contributed by atoms with Crippen molar-refractivity contribution in [3.05, 3.63) is 23.8 Å². The summed E-state index contributed by atoms with van der Waals surface area (Å²) in [6.45, 7) is 3.33. The number of carboxylic acids is 1. The highest BCUT2D eigenvalue weighted by molar-refractivity contribution is 5.69. The van der Waals surface area contributed by atoms with Crippen molar-refractivity contribution in [2.45, 2.75) is 13.0 Å². The number of carboxylic acid groups (broad SMARTS) is 1. The van der Waals surface area contributed by atoms with Gasteiger partial charge in [-0.3, -0.25) is 9.69 Å². The van der Waals surface area contributed by atoms with Crippen molar-refractivity contribution in [1.29, 1.82) is 0 Å². The molecular weight excluding hydrogens is 272 g/mol. The molecule has 1 rings (SSSR count). The molecule has 6 nitrogen and oxygen atoms in total. The van der Waals surface area contributed by atoms with E-state index >= 15 is 0 Å². The molecule has 0 fully saturated rings. The Morgan fingerprint density at radius 1 is 1.33 bits per heavy atom. The highest BCUT2D eigenvalue weighted by atomic mass is 16.5. The third-order valence-electron chi connectivity index (χ3n) is 3.41. The quantitative estimate of drug-likeness (QED) is 0.755. The number of phenolic OH excluding ortho intramolecular Hbond substituents is 1. The number of nitrogens with zero attached hydrogens (tertiary/aromatic N) is 2. The lowest BCUT2D eigenvalue weighted by Gasteiger charge is -2.29. The number of rotatable bonds is 8. The monoisotopic (exact) mass is 296 g/mol. The van der Waals surface area contributed by atoms with Crippen molar-refractivity contribution >= 4 is 5.97 Å². The Kier molecular flexibility index (Phi) is 6.45. The number of hydrogen-bond donors (Lipinski definition) is 2. The second kappa shape index (κ2) is 7.85. The zero-order chi connectivity index (χ0) is 16.0. The summed E-state index contributed by atoms with van der Waals surface area (Å²) in [7, 11) is 5.39. The Morgan fingerprint density at radius 3 is 2.52 bits per heavy atom. The largest absolute Gasteiger partial charge is 0.504 e. The number of carbonyl (C=O) groups is 1. The van der Waals surface area contributed by atoms with Gasteiger partial charge in [0.05, 0.1) is 13.7 Å². The van der Waals surface area contributed by atoms with Gasteiger partial charge in [-0.1, -0.05) is 6.07 Å². The summed E-state index contributed by atoms with van der Waals surface area (Å²) in [4.78, 5) is 14.9. The summed E-state index contributed by atoms with van der Waals surface area (Å²) >= 11 is 0. The van der Waals surface area contributed by atoms with Crippen molar-refractivity contribution in [1.82, 2.24) is 9.80 Å². The molecular formula is C15H24N2O4. The fourth-order valence-corrected chi connectivity index (χ4v) is 2.08. The molecule has 0 bridgehead atoms. The molecule has 1 aromatic carbocycles. The molecule has 2 N–H and O–H groups in total. The second-order valence-electron chi connectivity index (χ2n) is 5.27. The first-order valence-corrected chi connectivity index (χ1v) is 6.82. The van der Waals surface area contributed by atoms with E-state index in [-0.39, 0.29) is 18.3 Å². The molecule has 0 heterocycles. The first-order valence-electron chi connectivity index (χ1n) is 6.82. The molecule has 0 saturated carbocycles. The molecule has 1 atom stereocenters. The average molecular weight is 296 g/mol. The van der Waals surface area contributed by atoms with Gasteiger partial charge in [0.1, 0.15) is 0 Å².